The normalized spacial score (nSPS) is 16.8. The fourth-order valence-electron chi connectivity index (χ4n) is 2.52. The summed E-state index contributed by atoms with van der Waals surface area (Å²) in [7, 11) is 0. The average molecular weight is 263 g/mol. The number of aromatic nitrogens is 1. The van der Waals surface area contributed by atoms with Gasteiger partial charge in [-0.15, -0.1) is 0 Å². The number of aliphatic hydroxyl groups is 1. The summed E-state index contributed by atoms with van der Waals surface area (Å²) in [5.74, 6) is 1.10. The van der Waals surface area contributed by atoms with Crippen LogP contribution in [0.3, 0.4) is 0 Å². The Labute approximate surface area is 115 Å². The van der Waals surface area contributed by atoms with E-state index in [9.17, 15) is 0 Å². The molecule has 1 fully saturated rings. The Morgan fingerprint density at radius 3 is 2.74 bits per heavy atom. The molecule has 0 spiro atoms. The van der Waals surface area contributed by atoms with Gasteiger partial charge in [0.2, 0.25) is 0 Å². The van der Waals surface area contributed by atoms with Gasteiger partial charge in [-0.1, -0.05) is 13.0 Å². The van der Waals surface area contributed by atoms with Crippen molar-refractivity contribution in [1.29, 1.82) is 0 Å². The zero-order chi connectivity index (χ0) is 13.5. The number of anilines is 1. The molecule has 4 heteroatoms. The SMILES string of the molecule is CCC(CCO)NCc1ccc(N2CCCC2)nc1. The third kappa shape index (κ3) is 4.18. The van der Waals surface area contributed by atoms with Crippen molar-refractivity contribution in [2.75, 3.05) is 24.6 Å². The fraction of sp³-hybridized carbons (Fsp3) is 0.667. The van der Waals surface area contributed by atoms with Crippen LogP contribution in [0, 0.1) is 0 Å². The molecule has 0 radical (unpaired) electrons. The van der Waals surface area contributed by atoms with E-state index in [4.69, 9.17) is 5.11 Å². The van der Waals surface area contributed by atoms with Crippen LogP contribution in [-0.4, -0.2) is 35.8 Å². The van der Waals surface area contributed by atoms with Crippen molar-refractivity contribution in [2.24, 2.45) is 0 Å². The summed E-state index contributed by atoms with van der Waals surface area (Å²) in [6.07, 6.45) is 6.39. The second kappa shape index (κ2) is 7.46. The maximum atomic E-state index is 8.96. The van der Waals surface area contributed by atoms with E-state index < -0.39 is 0 Å². The monoisotopic (exact) mass is 263 g/mol. The molecular formula is C15H25N3O. The number of rotatable bonds is 7. The summed E-state index contributed by atoms with van der Waals surface area (Å²) in [5.41, 5.74) is 1.21. The highest BCUT2D eigenvalue weighted by Gasteiger charge is 2.13. The van der Waals surface area contributed by atoms with Crippen molar-refractivity contribution in [3.05, 3.63) is 23.9 Å². The standard InChI is InChI=1S/C15H25N3O/c1-2-14(7-10-19)16-11-13-5-6-15(17-12-13)18-8-3-4-9-18/h5-6,12,14,16,19H,2-4,7-11H2,1H3. The van der Waals surface area contributed by atoms with Gasteiger partial charge in [0.25, 0.3) is 0 Å². The van der Waals surface area contributed by atoms with Crippen molar-refractivity contribution in [3.63, 3.8) is 0 Å². The zero-order valence-corrected chi connectivity index (χ0v) is 11.8. The van der Waals surface area contributed by atoms with Crippen molar-refractivity contribution in [3.8, 4) is 0 Å². The van der Waals surface area contributed by atoms with Crippen LogP contribution in [0.1, 0.15) is 38.2 Å². The number of nitrogens with one attached hydrogen (secondary N) is 1. The predicted octanol–water partition coefficient (Wildman–Crippen LogP) is 1.93. The van der Waals surface area contributed by atoms with Crippen LogP contribution in [0.2, 0.25) is 0 Å². The van der Waals surface area contributed by atoms with Gasteiger partial charge in [0, 0.05) is 38.5 Å². The molecule has 0 aliphatic carbocycles. The van der Waals surface area contributed by atoms with Crippen LogP contribution in [0.4, 0.5) is 5.82 Å². The lowest BCUT2D eigenvalue weighted by Crippen LogP contribution is -2.29. The van der Waals surface area contributed by atoms with Crippen molar-refractivity contribution >= 4 is 5.82 Å². The minimum absolute atomic E-state index is 0.248. The maximum absolute atomic E-state index is 8.96. The predicted molar refractivity (Wildman–Crippen MR) is 78.3 cm³/mol. The van der Waals surface area contributed by atoms with Crippen molar-refractivity contribution in [2.45, 2.75) is 45.2 Å². The second-order valence-electron chi connectivity index (χ2n) is 5.22. The Kier molecular flexibility index (Phi) is 5.61. The Hall–Kier alpha value is -1.13. The largest absolute Gasteiger partial charge is 0.396 e. The summed E-state index contributed by atoms with van der Waals surface area (Å²) in [6.45, 7) is 5.49. The van der Waals surface area contributed by atoms with Crippen LogP contribution < -0.4 is 10.2 Å². The van der Waals surface area contributed by atoms with Gasteiger partial charge in [-0.25, -0.2) is 4.98 Å². The maximum Gasteiger partial charge on any atom is 0.128 e. The van der Waals surface area contributed by atoms with Crippen LogP contribution >= 0.6 is 0 Å². The lowest BCUT2D eigenvalue weighted by Gasteiger charge is -2.18. The fourth-order valence-corrected chi connectivity index (χ4v) is 2.52. The quantitative estimate of drug-likeness (QED) is 0.789. The van der Waals surface area contributed by atoms with Crippen LogP contribution in [-0.2, 0) is 6.54 Å². The van der Waals surface area contributed by atoms with Gasteiger partial charge >= 0.3 is 0 Å². The highest BCUT2D eigenvalue weighted by atomic mass is 16.3. The molecule has 2 rings (SSSR count). The highest BCUT2D eigenvalue weighted by Crippen LogP contribution is 2.17. The van der Waals surface area contributed by atoms with Crippen molar-refractivity contribution in [1.82, 2.24) is 10.3 Å². The molecule has 0 bridgehead atoms. The lowest BCUT2D eigenvalue weighted by atomic mass is 10.1. The third-order valence-electron chi connectivity index (χ3n) is 3.80. The number of aliphatic hydroxyl groups excluding tert-OH is 1. The summed E-state index contributed by atoms with van der Waals surface area (Å²) in [5, 5.41) is 12.4. The lowest BCUT2D eigenvalue weighted by molar-refractivity contribution is 0.262. The van der Waals surface area contributed by atoms with E-state index in [-0.39, 0.29) is 6.61 Å². The van der Waals surface area contributed by atoms with Gasteiger partial charge in [0.15, 0.2) is 0 Å². The Balaban J connectivity index is 1.84. The van der Waals surface area contributed by atoms with Gasteiger partial charge in [-0.3, -0.25) is 0 Å². The summed E-state index contributed by atoms with van der Waals surface area (Å²) < 4.78 is 0. The smallest absolute Gasteiger partial charge is 0.128 e. The van der Waals surface area contributed by atoms with Gasteiger partial charge < -0.3 is 15.3 Å². The van der Waals surface area contributed by atoms with E-state index in [2.05, 4.69) is 34.3 Å². The molecule has 0 saturated carbocycles. The molecule has 2 heterocycles. The first-order valence-electron chi connectivity index (χ1n) is 7.37. The molecule has 1 atom stereocenters. The van der Waals surface area contributed by atoms with E-state index in [1.807, 2.05) is 6.20 Å². The second-order valence-corrected chi connectivity index (χ2v) is 5.22. The summed E-state index contributed by atoms with van der Waals surface area (Å²) in [4.78, 5) is 6.89. The van der Waals surface area contributed by atoms with Crippen LogP contribution in [0.25, 0.3) is 0 Å². The van der Waals surface area contributed by atoms with E-state index in [1.165, 1.54) is 18.4 Å². The first-order valence-corrected chi connectivity index (χ1v) is 7.37. The van der Waals surface area contributed by atoms with Gasteiger partial charge in [0.1, 0.15) is 5.82 Å². The van der Waals surface area contributed by atoms with Crippen LogP contribution in [0.15, 0.2) is 18.3 Å². The molecule has 2 N–H and O–H groups in total. The first-order chi connectivity index (χ1) is 9.33. The number of hydrogen-bond donors (Lipinski definition) is 2. The topological polar surface area (TPSA) is 48.4 Å². The summed E-state index contributed by atoms with van der Waals surface area (Å²) in [6, 6.07) is 4.66. The third-order valence-corrected chi connectivity index (χ3v) is 3.80. The molecule has 106 valence electrons. The van der Waals surface area contributed by atoms with Crippen LogP contribution in [0.5, 0.6) is 0 Å². The van der Waals surface area contributed by atoms with E-state index in [1.54, 1.807) is 0 Å². The minimum atomic E-state index is 0.248. The van der Waals surface area contributed by atoms with E-state index >= 15 is 0 Å². The molecule has 1 saturated heterocycles. The van der Waals surface area contributed by atoms with E-state index in [0.717, 1.165) is 38.3 Å². The highest BCUT2D eigenvalue weighted by molar-refractivity contribution is 5.40. The first kappa shape index (κ1) is 14.3. The Bertz CT molecular complexity index is 360. The number of pyridine rings is 1. The molecule has 19 heavy (non-hydrogen) atoms. The van der Waals surface area contributed by atoms with E-state index in [0.29, 0.717) is 6.04 Å². The molecular weight excluding hydrogens is 238 g/mol. The van der Waals surface area contributed by atoms with Gasteiger partial charge in [-0.2, -0.15) is 0 Å². The minimum Gasteiger partial charge on any atom is -0.396 e. The molecule has 1 aromatic rings. The molecule has 1 unspecified atom stereocenters. The average Bonchev–Trinajstić information content (AvgIpc) is 2.98. The number of nitrogens with zero attached hydrogens (tertiary/aromatic N) is 2. The molecule has 4 nitrogen and oxygen atoms in total. The Morgan fingerprint density at radius 2 is 2.16 bits per heavy atom. The molecule has 1 aromatic heterocycles. The Morgan fingerprint density at radius 1 is 1.37 bits per heavy atom. The van der Waals surface area contributed by atoms with Gasteiger partial charge in [0.05, 0.1) is 0 Å². The number of hydrogen-bond acceptors (Lipinski definition) is 4. The van der Waals surface area contributed by atoms with Crippen molar-refractivity contribution < 1.29 is 5.11 Å². The zero-order valence-electron chi connectivity index (χ0n) is 11.8. The summed E-state index contributed by atoms with van der Waals surface area (Å²) >= 11 is 0. The molecule has 1 aliphatic heterocycles. The molecule has 0 aromatic carbocycles. The molecule has 0 amide bonds. The molecule has 1 aliphatic rings. The van der Waals surface area contributed by atoms with Gasteiger partial charge in [-0.05, 0) is 37.3 Å².